The fourth-order valence-electron chi connectivity index (χ4n) is 2.84. The molecule has 0 aliphatic heterocycles. The van der Waals surface area contributed by atoms with E-state index in [0.29, 0.717) is 12.5 Å². The number of hydrogen-bond donors (Lipinski definition) is 0. The molecule has 5 nitrogen and oxygen atoms in total. The van der Waals surface area contributed by atoms with Crippen LogP contribution in [0.4, 0.5) is 0 Å². The number of aryl methyl sites for hydroxylation is 1. The van der Waals surface area contributed by atoms with Crippen molar-refractivity contribution >= 4 is 23.3 Å². The van der Waals surface area contributed by atoms with Gasteiger partial charge < -0.3 is 13.7 Å². The van der Waals surface area contributed by atoms with Crippen LogP contribution in [0.3, 0.4) is 0 Å². The summed E-state index contributed by atoms with van der Waals surface area (Å²) in [5.74, 6) is 1.47. The molecule has 0 unspecified atom stereocenters. The summed E-state index contributed by atoms with van der Waals surface area (Å²) in [6, 6.07) is 15.8. The minimum atomic E-state index is 0.599. The molecule has 0 saturated carbocycles. The molecule has 2 aromatic carbocycles. The largest absolute Gasteiger partial charge is 0.494 e. The van der Waals surface area contributed by atoms with E-state index in [2.05, 4.69) is 14.5 Å². The molecular weight excluding hydrogens is 338 g/mol. The van der Waals surface area contributed by atoms with Gasteiger partial charge in [0.1, 0.15) is 11.3 Å². The van der Waals surface area contributed by atoms with Gasteiger partial charge in [-0.05, 0) is 48.7 Å². The van der Waals surface area contributed by atoms with Crippen molar-refractivity contribution in [1.82, 2.24) is 14.5 Å². The first-order valence-corrected chi connectivity index (χ1v) is 9.09. The van der Waals surface area contributed by atoms with Crippen molar-refractivity contribution < 1.29 is 9.15 Å². The monoisotopic (exact) mass is 359 g/mol. The van der Waals surface area contributed by atoms with E-state index in [1.54, 1.807) is 6.20 Å². The number of unbranched alkanes of at least 4 members (excludes halogenated alkanes) is 1. The standard InChI is InChI=1S/C22H21N3O2/c1-2-9-21-20(8-1)24-22(27-21)11-10-18-6-5-7-19(16-18)26-15-4-3-13-25-14-12-23-17-25/h1-2,5-12,14,16-17H,3-4,13,15H2/b11-10+. The number of ether oxygens (including phenoxy) is 1. The number of aromatic nitrogens is 3. The molecule has 136 valence electrons. The van der Waals surface area contributed by atoms with Gasteiger partial charge in [-0.3, -0.25) is 0 Å². The van der Waals surface area contributed by atoms with Crippen LogP contribution < -0.4 is 4.74 Å². The predicted octanol–water partition coefficient (Wildman–Crippen LogP) is 5.05. The normalized spacial score (nSPS) is 11.4. The molecule has 0 aliphatic rings. The lowest BCUT2D eigenvalue weighted by Gasteiger charge is -2.07. The molecule has 0 atom stereocenters. The highest BCUT2D eigenvalue weighted by molar-refractivity contribution is 5.76. The molecular formula is C22H21N3O2. The van der Waals surface area contributed by atoms with Gasteiger partial charge in [-0.15, -0.1) is 0 Å². The van der Waals surface area contributed by atoms with Gasteiger partial charge in [0.05, 0.1) is 12.9 Å². The Kier molecular flexibility index (Phi) is 5.29. The highest BCUT2D eigenvalue weighted by Gasteiger charge is 2.01. The van der Waals surface area contributed by atoms with E-state index in [1.165, 1.54) is 0 Å². The minimum absolute atomic E-state index is 0.599. The van der Waals surface area contributed by atoms with Crippen LogP contribution >= 0.6 is 0 Å². The number of hydrogen-bond acceptors (Lipinski definition) is 4. The second kappa shape index (κ2) is 8.36. The van der Waals surface area contributed by atoms with E-state index in [-0.39, 0.29) is 0 Å². The maximum Gasteiger partial charge on any atom is 0.220 e. The summed E-state index contributed by atoms with van der Waals surface area (Å²) in [6.07, 6.45) is 11.5. The molecule has 4 rings (SSSR count). The summed E-state index contributed by atoms with van der Waals surface area (Å²) in [6.45, 7) is 1.67. The number of nitrogens with zero attached hydrogens (tertiary/aromatic N) is 3. The van der Waals surface area contributed by atoms with Gasteiger partial charge in [0, 0.05) is 25.0 Å². The van der Waals surface area contributed by atoms with Crippen LogP contribution in [0.1, 0.15) is 24.3 Å². The predicted molar refractivity (Wildman–Crippen MR) is 106 cm³/mol. The molecule has 0 aliphatic carbocycles. The topological polar surface area (TPSA) is 53.1 Å². The quantitative estimate of drug-likeness (QED) is 0.413. The van der Waals surface area contributed by atoms with Crippen LogP contribution in [0, 0.1) is 0 Å². The van der Waals surface area contributed by atoms with Crippen LogP contribution in [-0.4, -0.2) is 21.1 Å². The fraction of sp³-hybridized carbons (Fsp3) is 0.182. The number of fused-ring (bicyclic) bond motifs is 1. The first-order chi connectivity index (χ1) is 13.4. The zero-order valence-electron chi connectivity index (χ0n) is 15.0. The molecule has 27 heavy (non-hydrogen) atoms. The average molecular weight is 359 g/mol. The van der Waals surface area contributed by atoms with E-state index in [1.807, 2.05) is 73.2 Å². The van der Waals surface area contributed by atoms with Crippen LogP contribution in [0.15, 0.2) is 71.7 Å². The first-order valence-electron chi connectivity index (χ1n) is 9.09. The van der Waals surface area contributed by atoms with Gasteiger partial charge in [-0.2, -0.15) is 0 Å². The zero-order valence-corrected chi connectivity index (χ0v) is 15.0. The molecule has 2 aromatic heterocycles. The molecule has 0 N–H and O–H groups in total. The molecule has 0 radical (unpaired) electrons. The lowest BCUT2D eigenvalue weighted by molar-refractivity contribution is 0.303. The van der Waals surface area contributed by atoms with Crippen molar-refractivity contribution in [3.63, 3.8) is 0 Å². The SMILES string of the molecule is C(=C\c1nc2ccccc2o1)/c1cccc(OCCCCn2ccnc2)c1. The Bertz CT molecular complexity index is 986. The number of rotatable bonds is 8. The summed E-state index contributed by atoms with van der Waals surface area (Å²) in [5, 5.41) is 0. The van der Waals surface area contributed by atoms with Crippen molar-refractivity contribution in [2.45, 2.75) is 19.4 Å². The highest BCUT2D eigenvalue weighted by Crippen LogP contribution is 2.19. The molecule has 0 saturated heterocycles. The van der Waals surface area contributed by atoms with Crippen LogP contribution in [0.5, 0.6) is 5.75 Å². The summed E-state index contributed by atoms with van der Waals surface area (Å²) in [4.78, 5) is 8.49. The second-order valence-corrected chi connectivity index (χ2v) is 6.28. The smallest absolute Gasteiger partial charge is 0.220 e. The van der Waals surface area contributed by atoms with E-state index < -0.39 is 0 Å². The van der Waals surface area contributed by atoms with E-state index >= 15 is 0 Å². The van der Waals surface area contributed by atoms with Crippen molar-refractivity contribution in [2.75, 3.05) is 6.61 Å². The van der Waals surface area contributed by atoms with Crippen molar-refractivity contribution in [2.24, 2.45) is 0 Å². The van der Waals surface area contributed by atoms with Gasteiger partial charge in [0.2, 0.25) is 5.89 Å². The molecule has 0 bridgehead atoms. The Morgan fingerprint density at radius 1 is 1.04 bits per heavy atom. The average Bonchev–Trinajstić information content (AvgIpc) is 3.36. The molecule has 0 amide bonds. The zero-order chi connectivity index (χ0) is 18.3. The van der Waals surface area contributed by atoms with E-state index in [4.69, 9.17) is 9.15 Å². The Morgan fingerprint density at radius 3 is 2.89 bits per heavy atom. The van der Waals surface area contributed by atoms with Gasteiger partial charge in [0.15, 0.2) is 5.58 Å². The Labute approximate surface area is 157 Å². The summed E-state index contributed by atoms with van der Waals surface area (Å²) < 4.78 is 13.7. The van der Waals surface area contributed by atoms with Crippen molar-refractivity contribution in [1.29, 1.82) is 0 Å². The maximum atomic E-state index is 5.87. The van der Waals surface area contributed by atoms with Crippen molar-refractivity contribution in [3.05, 3.63) is 78.7 Å². The third kappa shape index (κ3) is 4.64. The van der Waals surface area contributed by atoms with Gasteiger partial charge in [-0.1, -0.05) is 24.3 Å². The Balaban J connectivity index is 1.30. The lowest BCUT2D eigenvalue weighted by Crippen LogP contribution is -2.01. The van der Waals surface area contributed by atoms with Gasteiger partial charge in [0.25, 0.3) is 0 Å². The second-order valence-electron chi connectivity index (χ2n) is 6.28. The number of imidazole rings is 1. The maximum absolute atomic E-state index is 5.87. The highest BCUT2D eigenvalue weighted by atomic mass is 16.5. The third-order valence-electron chi connectivity index (χ3n) is 4.23. The fourth-order valence-corrected chi connectivity index (χ4v) is 2.84. The molecule has 4 aromatic rings. The van der Waals surface area contributed by atoms with Crippen LogP contribution in [0.25, 0.3) is 23.3 Å². The molecule has 0 spiro atoms. The first kappa shape index (κ1) is 17.1. The minimum Gasteiger partial charge on any atom is -0.494 e. The molecule has 0 fully saturated rings. The van der Waals surface area contributed by atoms with Gasteiger partial charge >= 0.3 is 0 Å². The molecule has 5 heteroatoms. The Hall–Kier alpha value is -3.34. The number of para-hydroxylation sites is 2. The van der Waals surface area contributed by atoms with Crippen molar-refractivity contribution in [3.8, 4) is 5.75 Å². The third-order valence-corrected chi connectivity index (χ3v) is 4.23. The van der Waals surface area contributed by atoms with Crippen LogP contribution in [-0.2, 0) is 6.54 Å². The summed E-state index contributed by atoms with van der Waals surface area (Å²) >= 11 is 0. The number of benzene rings is 2. The van der Waals surface area contributed by atoms with Crippen LogP contribution in [0.2, 0.25) is 0 Å². The number of oxazole rings is 1. The summed E-state index contributed by atoms with van der Waals surface area (Å²) in [5.41, 5.74) is 2.71. The molecule has 2 heterocycles. The Morgan fingerprint density at radius 2 is 2.00 bits per heavy atom. The lowest BCUT2D eigenvalue weighted by atomic mass is 10.2. The van der Waals surface area contributed by atoms with E-state index in [0.717, 1.165) is 41.8 Å². The van der Waals surface area contributed by atoms with E-state index in [9.17, 15) is 0 Å². The summed E-state index contributed by atoms with van der Waals surface area (Å²) in [7, 11) is 0. The van der Waals surface area contributed by atoms with Gasteiger partial charge in [-0.25, -0.2) is 9.97 Å².